The Morgan fingerprint density at radius 2 is 1.70 bits per heavy atom. The van der Waals surface area contributed by atoms with Crippen molar-refractivity contribution in [2.24, 2.45) is 0 Å². The van der Waals surface area contributed by atoms with Crippen LogP contribution < -0.4 is 20.3 Å². The number of hydrogen-bond donors (Lipinski definition) is 2. The summed E-state index contributed by atoms with van der Waals surface area (Å²) in [5.74, 6) is 1.67. The smallest absolute Gasteiger partial charge is 0.161 e. The number of anilines is 1. The first kappa shape index (κ1) is 12.8. The van der Waals surface area contributed by atoms with Crippen LogP contribution in [0.4, 0.5) is 5.69 Å². The van der Waals surface area contributed by atoms with Gasteiger partial charge in [0.05, 0.1) is 0 Å². The Balaban J connectivity index is 1.65. The lowest BCUT2D eigenvalue weighted by Crippen LogP contribution is -2.22. The summed E-state index contributed by atoms with van der Waals surface area (Å²) in [7, 11) is 0. The molecule has 0 fully saturated rings. The van der Waals surface area contributed by atoms with Crippen LogP contribution in [0.3, 0.4) is 0 Å². The molecule has 0 atom stereocenters. The molecular weight excluding hydrogens is 252 g/mol. The van der Waals surface area contributed by atoms with Crippen LogP contribution >= 0.6 is 0 Å². The van der Waals surface area contributed by atoms with Crippen LogP contribution in [0.1, 0.15) is 11.1 Å². The van der Waals surface area contributed by atoms with Crippen LogP contribution in [0.25, 0.3) is 0 Å². The van der Waals surface area contributed by atoms with Gasteiger partial charge in [-0.15, -0.1) is 0 Å². The minimum absolute atomic E-state index is 0.616. The van der Waals surface area contributed by atoms with Crippen molar-refractivity contribution >= 4 is 5.69 Å². The number of aryl methyl sites for hydroxylation is 1. The fourth-order valence-corrected chi connectivity index (χ4v) is 2.19. The zero-order chi connectivity index (χ0) is 13.8. The summed E-state index contributed by atoms with van der Waals surface area (Å²) in [4.78, 5) is 0. The SMILES string of the molecule is Cc1cc2c(cc1CNNc1ccccc1)OCCO2. The van der Waals surface area contributed by atoms with Crippen LogP contribution in [0.2, 0.25) is 0 Å². The highest BCUT2D eigenvalue weighted by Gasteiger charge is 2.13. The Morgan fingerprint density at radius 1 is 1.00 bits per heavy atom. The predicted molar refractivity (Wildman–Crippen MR) is 79.1 cm³/mol. The molecule has 1 aliphatic rings. The molecule has 0 spiro atoms. The Kier molecular flexibility index (Phi) is 3.74. The molecule has 0 unspecified atom stereocenters. The molecule has 0 saturated heterocycles. The summed E-state index contributed by atoms with van der Waals surface area (Å²) in [6, 6.07) is 14.1. The van der Waals surface area contributed by atoms with E-state index in [4.69, 9.17) is 9.47 Å². The van der Waals surface area contributed by atoms with Crippen molar-refractivity contribution in [1.29, 1.82) is 0 Å². The van der Waals surface area contributed by atoms with Gasteiger partial charge in [-0.1, -0.05) is 18.2 Å². The molecule has 104 valence electrons. The topological polar surface area (TPSA) is 42.5 Å². The number of ether oxygens (including phenoxy) is 2. The second-order valence-electron chi connectivity index (χ2n) is 4.77. The maximum Gasteiger partial charge on any atom is 0.161 e. The molecule has 0 radical (unpaired) electrons. The maximum absolute atomic E-state index is 5.61. The zero-order valence-electron chi connectivity index (χ0n) is 11.5. The largest absolute Gasteiger partial charge is 0.486 e. The van der Waals surface area contributed by atoms with E-state index < -0.39 is 0 Å². The minimum Gasteiger partial charge on any atom is -0.486 e. The zero-order valence-corrected chi connectivity index (χ0v) is 11.5. The molecule has 0 amide bonds. The Bertz CT molecular complexity index is 585. The van der Waals surface area contributed by atoms with Crippen molar-refractivity contribution in [2.45, 2.75) is 13.5 Å². The van der Waals surface area contributed by atoms with Gasteiger partial charge < -0.3 is 14.9 Å². The number of benzene rings is 2. The second-order valence-corrected chi connectivity index (χ2v) is 4.77. The van der Waals surface area contributed by atoms with Crippen LogP contribution in [0, 0.1) is 6.92 Å². The number of nitrogens with one attached hydrogen (secondary N) is 2. The Hall–Kier alpha value is -2.20. The molecule has 0 aromatic heterocycles. The monoisotopic (exact) mass is 270 g/mol. The van der Waals surface area contributed by atoms with E-state index in [1.807, 2.05) is 42.5 Å². The molecule has 2 aromatic carbocycles. The molecule has 3 rings (SSSR count). The number of para-hydroxylation sites is 1. The quantitative estimate of drug-likeness (QED) is 0.838. The summed E-state index contributed by atoms with van der Waals surface area (Å²) in [5.41, 5.74) is 9.83. The molecule has 1 heterocycles. The van der Waals surface area contributed by atoms with Gasteiger partial charge in [-0.3, -0.25) is 0 Å². The van der Waals surface area contributed by atoms with E-state index >= 15 is 0 Å². The van der Waals surface area contributed by atoms with Gasteiger partial charge >= 0.3 is 0 Å². The average molecular weight is 270 g/mol. The number of hydrazine groups is 1. The van der Waals surface area contributed by atoms with Crippen LogP contribution in [-0.4, -0.2) is 13.2 Å². The number of rotatable bonds is 4. The number of hydrogen-bond acceptors (Lipinski definition) is 4. The van der Waals surface area contributed by atoms with E-state index in [-0.39, 0.29) is 0 Å². The molecule has 0 saturated carbocycles. The van der Waals surface area contributed by atoms with Gasteiger partial charge in [0.15, 0.2) is 11.5 Å². The normalized spacial score (nSPS) is 13.1. The second kappa shape index (κ2) is 5.84. The van der Waals surface area contributed by atoms with Gasteiger partial charge in [-0.2, -0.15) is 0 Å². The Labute approximate surface area is 118 Å². The van der Waals surface area contributed by atoms with Crippen molar-refractivity contribution in [1.82, 2.24) is 5.43 Å². The van der Waals surface area contributed by atoms with E-state index in [2.05, 4.69) is 17.8 Å². The highest BCUT2D eigenvalue weighted by atomic mass is 16.6. The minimum atomic E-state index is 0.616. The van der Waals surface area contributed by atoms with E-state index in [1.54, 1.807) is 0 Å². The van der Waals surface area contributed by atoms with Crippen molar-refractivity contribution in [2.75, 3.05) is 18.6 Å². The summed E-state index contributed by atoms with van der Waals surface area (Å²) in [5, 5.41) is 0. The molecule has 2 aromatic rings. The van der Waals surface area contributed by atoms with Gasteiger partial charge in [-0.25, -0.2) is 5.43 Å². The summed E-state index contributed by atoms with van der Waals surface area (Å²) in [6.45, 7) is 4.04. The molecule has 0 bridgehead atoms. The molecule has 0 aliphatic carbocycles. The molecule has 2 N–H and O–H groups in total. The first-order valence-electron chi connectivity index (χ1n) is 6.76. The summed E-state index contributed by atoms with van der Waals surface area (Å²) >= 11 is 0. The van der Waals surface area contributed by atoms with E-state index in [0.29, 0.717) is 13.2 Å². The van der Waals surface area contributed by atoms with Crippen LogP contribution in [0.15, 0.2) is 42.5 Å². The van der Waals surface area contributed by atoms with Crippen molar-refractivity contribution in [3.8, 4) is 11.5 Å². The van der Waals surface area contributed by atoms with Gasteiger partial charge in [0, 0.05) is 12.2 Å². The fourth-order valence-electron chi connectivity index (χ4n) is 2.19. The van der Waals surface area contributed by atoms with Crippen molar-refractivity contribution < 1.29 is 9.47 Å². The third-order valence-corrected chi connectivity index (χ3v) is 3.29. The van der Waals surface area contributed by atoms with Crippen LogP contribution in [-0.2, 0) is 6.54 Å². The van der Waals surface area contributed by atoms with E-state index in [1.165, 1.54) is 11.1 Å². The Morgan fingerprint density at radius 3 is 2.45 bits per heavy atom. The molecule has 4 heteroatoms. The average Bonchev–Trinajstić information content (AvgIpc) is 2.49. The maximum atomic E-state index is 5.61. The lowest BCUT2D eigenvalue weighted by atomic mass is 10.1. The lowest BCUT2D eigenvalue weighted by Gasteiger charge is -2.20. The van der Waals surface area contributed by atoms with Gasteiger partial charge in [0.25, 0.3) is 0 Å². The van der Waals surface area contributed by atoms with E-state index in [9.17, 15) is 0 Å². The standard InChI is InChI=1S/C16H18N2O2/c1-12-9-15-16(20-8-7-19-15)10-13(12)11-17-18-14-5-3-2-4-6-14/h2-6,9-10,17-18H,7-8,11H2,1H3. The first-order valence-corrected chi connectivity index (χ1v) is 6.76. The molecule has 1 aliphatic heterocycles. The molecule has 20 heavy (non-hydrogen) atoms. The summed E-state index contributed by atoms with van der Waals surface area (Å²) in [6.07, 6.45) is 0. The van der Waals surface area contributed by atoms with Gasteiger partial charge in [-0.05, 0) is 42.3 Å². The highest BCUT2D eigenvalue weighted by Crippen LogP contribution is 2.32. The predicted octanol–water partition coefficient (Wildman–Crippen LogP) is 2.88. The highest BCUT2D eigenvalue weighted by molar-refractivity contribution is 5.48. The first-order chi connectivity index (χ1) is 9.83. The van der Waals surface area contributed by atoms with Crippen molar-refractivity contribution in [3.63, 3.8) is 0 Å². The lowest BCUT2D eigenvalue weighted by molar-refractivity contribution is 0.171. The van der Waals surface area contributed by atoms with Crippen LogP contribution in [0.5, 0.6) is 11.5 Å². The van der Waals surface area contributed by atoms with Gasteiger partial charge in [0.1, 0.15) is 13.2 Å². The van der Waals surface area contributed by atoms with E-state index in [0.717, 1.165) is 23.7 Å². The number of fused-ring (bicyclic) bond motifs is 1. The molecule has 4 nitrogen and oxygen atoms in total. The van der Waals surface area contributed by atoms with Crippen molar-refractivity contribution in [3.05, 3.63) is 53.6 Å². The summed E-state index contributed by atoms with van der Waals surface area (Å²) < 4.78 is 11.2. The fraction of sp³-hybridized carbons (Fsp3) is 0.250. The molecular formula is C16H18N2O2. The third-order valence-electron chi connectivity index (χ3n) is 3.29. The third kappa shape index (κ3) is 2.86. The van der Waals surface area contributed by atoms with Gasteiger partial charge in [0.2, 0.25) is 0 Å².